The number of anilines is 1. The summed E-state index contributed by atoms with van der Waals surface area (Å²) in [6.45, 7) is 4.38. The third-order valence-corrected chi connectivity index (χ3v) is 3.78. The number of piperidine rings is 1. The Hall–Kier alpha value is -2.11. The average molecular weight is 277 g/mol. The smallest absolute Gasteiger partial charge is 0.321 e. The second-order valence-corrected chi connectivity index (χ2v) is 5.51. The number of carboxylic acid groups (broad SMARTS) is 1. The number of carbonyl (C=O) groups is 2. The van der Waals surface area contributed by atoms with Gasteiger partial charge >= 0.3 is 12.0 Å². The molecule has 0 bridgehead atoms. The number of urea groups is 1. The van der Waals surface area contributed by atoms with Crippen molar-refractivity contribution in [3.63, 3.8) is 0 Å². The second-order valence-electron chi connectivity index (χ2n) is 5.51. The van der Waals surface area contributed by atoms with Crippen LogP contribution in [0.3, 0.4) is 0 Å². The van der Waals surface area contributed by atoms with Crippen LogP contribution in [0.5, 0.6) is 0 Å². The number of nitrogens with one attached hydrogen (secondary N) is 1. The van der Waals surface area contributed by atoms with E-state index >= 15 is 0 Å². The molecule has 0 radical (unpaired) electrons. The van der Waals surface area contributed by atoms with E-state index in [1.165, 1.54) is 0 Å². The van der Waals surface area contributed by atoms with E-state index < -0.39 is 11.4 Å². The van der Waals surface area contributed by atoms with Crippen LogP contribution in [0, 0.1) is 12.3 Å². The number of rotatable bonds is 2. The van der Waals surface area contributed by atoms with Crippen molar-refractivity contribution in [2.45, 2.75) is 26.7 Å². The Balaban J connectivity index is 2.06. The molecule has 1 aliphatic rings. The highest BCUT2D eigenvalue weighted by Crippen LogP contribution is 2.30. The molecule has 2 heterocycles. The summed E-state index contributed by atoms with van der Waals surface area (Å²) in [5.41, 5.74) is 0.714. The third-order valence-electron chi connectivity index (χ3n) is 3.78. The van der Waals surface area contributed by atoms with E-state index in [-0.39, 0.29) is 12.6 Å². The Kier molecular flexibility index (Phi) is 3.92. The molecule has 6 heteroatoms. The van der Waals surface area contributed by atoms with Gasteiger partial charge in [0.15, 0.2) is 0 Å². The Bertz CT molecular complexity index is 532. The van der Waals surface area contributed by atoms with E-state index in [1.54, 1.807) is 24.2 Å². The summed E-state index contributed by atoms with van der Waals surface area (Å²) < 4.78 is 0. The lowest BCUT2D eigenvalue weighted by atomic mass is 9.82. The first-order valence-electron chi connectivity index (χ1n) is 6.62. The van der Waals surface area contributed by atoms with Gasteiger partial charge in [-0.3, -0.25) is 9.78 Å². The van der Waals surface area contributed by atoms with Crippen molar-refractivity contribution in [1.29, 1.82) is 0 Å². The van der Waals surface area contributed by atoms with Gasteiger partial charge in [-0.05, 0) is 38.3 Å². The zero-order valence-electron chi connectivity index (χ0n) is 11.7. The molecule has 0 aliphatic carbocycles. The number of aryl methyl sites for hydroxylation is 1. The predicted octanol–water partition coefficient (Wildman–Crippen LogP) is 2.11. The highest BCUT2D eigenvalue weighted by molar-refractivity contribution is 5.90. The lowest BCUT2D eigenvalue weighted by Crippen LogP contribution is -2.49. The minimum Gasteiger partial charge on any atom is -0.481 e. The summed E-state index contributed by atoms with van der Waals surface area (Å²) in [5, 5.41) is 12.1. The van der Waals surface area contributed by atoms with E-state index in [9.17, 15) is 14.7 Å². The van der Waals surface area contributed by atoms with Gasteiger partial charge in [0.05, 0.1) is 17.3 Å². The first-order chi connectivity index (χ1) is 9.42. The molecule has 1 atom stereocenters. The monoisotopic (exact) mass is 277 g/mol. The largest absolute Gasteiger partial charge is 0.481 e. The normalized spacial score (nSPS) is 22.4. The van der Waals surface area contributed by atoms with E-state index in [2.05, 4.69) is 10.3 Å². The van der Waals surface area contributed by atoms with Gasteiger partial charge in [0, 0.05) is 19.3 Å². The van der Waals surface area contributed by atoms with E-state index in [0.29, 0.717) is 25.1 Å². The van der Waals surface area contributed by atoms with Gasteiger partial charge in [-0.2, -0.15) is 0 Å². The van der Waals surface area contributed by atoms with Gasteiger partial charge in [0.25, 0.3) is 0 Å². The summed E-state index contributed by atoms with van der Waals surface area (Å²) in [4.78, 5) is 29.0. The molecular formula is C14H19N3O3. The second kappa shape index (κ2) is 5.48. The van der Waals surface area contributed by atoms with Crippen LogP contribution in [0.25, 0.3) is 0 Å². The number of amides is 2. The number of pyridine rings is 1. The highest BCUT2D eigenvalue weighted by Gasteiger charge is 2.39. The predicted molar refractivity (Wildman–Crippen MR) is 74.5 cm³/mol. The maximum Gasteiger partial charge on any atom is 0.321 e. The molecule has 0 spiro atoms. The first-order valence-corrected chi connectivity index (χ1v) is 6.62. The van der Waals surface area contributed by atoms with Crippen molar-refractivity contribution < 1.29 is 14.7 Å². The summed E-state index contributed by atoms with van der Waals surface area (Å²) in [5.74, 6) is -0.854. The van der Waals surface area contributed by atoms with Gasteiger partial charge in [-0.25, -0.2) is 4.79 Å². The number of aromatic nitrogens is 1. The molecule has 1 aromatic rings. The Morgan fingerprint density at radius 3 is 2.90 bits per heavy atom. The fourth-order valence-electron chi connectivity index (χ4n) is 2.38. The number of hydrogen-bond donors (Lipinski definition) is 2. The highest BCUT2D eigenvalue weighted by atomic mass is 16.4. The van der Waals surface area contributed by atoms with Crippen LogP contribution in [-0.4, -0.2) is 40.1 Å². The third kappa shape index (κ3) is 2.89. The molecule has 1 aliphatic heterocycles. The molecule has 1 unspecified atom stereocenters. The standard InChI is InChI=1S/C14H19N3O3/c1-10-4-6-15-8-11(10)16-13(20)17-7-3-5-14(2,9-17)12(18)19/h4,6,8H,3,5,7,9H2,1-2H3,(H,16,20)(H,18,19). The zero-order valence-corrected chi connectivity index (χ0v) is 11.7. The van der Waals surface area contributed by atoms with Crippen LogP contribution in [-0.2, 0) is 4.79 Å². The van der Waals surface area contributed by atoms with Crippen molar-refractivity contribution in [3.8, 4) is 0 Å². The van der Waals surface area contributed by atoms with Gasteiger partial charge in [0.2, 0.25) is 0 Å². The van der Waals surface area contributed by atoms with Crippen LogP contribution >= 0.6 is 0 Å². The number of aliphatic carboxylic acids is 1. The van der Waals surface area contributed by atoms with Crippen molar-refractivity contribution in [2.24, 2.45) is 5.41 Å². The number of hydrogen-bond acceptors (Lipinski definition) is 3. The zero-order chi connectivity index (χ0) is 14.8. The molecule has 20 heavy (non-hydrogen) atoms. The molecule has 2 amide bonds. The van der Waals surface area contributed by atoms with Crippen LogP contribution in [0.4, 0.5) is 10.5 Å². The van der Waals surface area contributed by atoms with Crippen LogP contribution in [0.2, 0.25) is 0 Å². The van der Waals surface area contributed by atoms with Crippen LogP contribution in [0.1, 0.15) is 25.3 Å². The molecule has 1 fully saturated rings. The summed E-state index contributed by atoms with van der Waals surface area (Å²) in [7, 11) is 0. The number of carboxylic acids is 1. The fourth-order valence-corrected chi connectivity index (χ4v) is 2.38. The summed E-state index contributed by atoms with van der Waals surface area (Å²) >= 11 is 0. The van der Waals surface area contributed by atoms with Gasteiger partial charge < -0.3 is 15.3 Å². The molecule has 108 valence electrons. The number of nitrogens with zero attached hydrogens (tertiary/aromatic N) is 2. The molecule has 1 aromatic heterocycles. The van der Waals surface area contributed by atoms with Crippen molar-refractivity contribution in [3.05, 3.63) is 24.0 Å². The summed E-state index contributed by atoms with van der Waals surface area (Å²) in [6, 6.07) is 1.54. The topological polar surface area (TPSA) is 82.5 Å². The summed E-state index contributed by atoms with van der Waals surface area (Å²) in [6.07, 6.45) is 4.54. The van der Waals surface area contributed by atoms with Crippen molar-refractivity contribution in [2.75, 3.05) is 18.4 Å². The molecule has 2 rings (SSSR count). The van der Waals surface area contributed by atoms with E-state index in [1.807, 2.05) is 13.0 Å². The Labute approximate surface area is 117 Å². The molecular weight excluding hydrogens is 258 g/mol. The van der Waals surface area contributed by atoms with Crippen molar-refractivity contribution in [1.82, 2.24) is 9.88 Å². The fraction of sp³-hybridized carbons (Fsp3) is 0.500. The van der Waals surface area contributed by atoms with Crippen molar-refractivity contribution >= 4 is 17.7 Å². The molecule has 0 saturated carbocycles. The van der Waals surface area contributed by atoms with Crippen LogP contribution < -0.4 is 5.32 Å². The quantitative estimate of drug-likeness (QED) is 0.867. The first kappa shape index (κ1) is 14.3. The number of likely N-dealkylation sites (tertiary alicyclic amines) is 1. The minimum atomic E-state index is -0.862. The number of carbonyl (C=O) groups excluding carboxylic acids is 1. The van der Waals surface area contributed by atoms with Crippen LogP contribution in [0.15, 0.2) is 18.5 Å². The van der Waals surface area contributed by atoms with Gasteiger partial charge in [-0.15, -0.1) is 0 Å². The molecule has 2 N–H and O–H groups in total. The van der Waals surface area contributed by atoms with E-state index in [0.717, 1.165) is 5.56 Å². The Morgan fingerprint density at radius 1 is 1.50 bits per heavy atom. The maximum absolute atomic E-state index is 12.2. The lowest BCUT2D eigenvalue weighted by Gasteiger charge is -2.37. The average Bonchev–Trinajstić information content (AvgIpc) is 2.41. The maximum atomic E-state index is 12.2. The minimum absolute atomic E-state index is 0.230. The van der Waals surface area contributed by atoms with E-state index in [4.69, 9.17) is 0 Å². The van der Waals surface area contributed by atoms with Gasteiger partial charge in [0.1, 0.15) is 0 Å². The molecule has 0 aromatic carbocycles. The lowest BCUT2D eigenvalue weighted by molar-refractivity contribution is -0.150. The molecule has 6 nitrogen and oxygen atoms in total. The Morgan fingerprint density at radius 2 is 2.25 bits per heavy atom. The van der Waals surface area contributed by atoms with Gasteiger partial charge in [-0.1, -0.05) is 0 Å². The SMILES string of the molecule is Cc1ccncc1NC(=O)N1CCCC(C)(C(=O)O)C1. The molecule has 1 saturated heterocycles.